The minimum absolute atomic E-state index is 0.0389. The van der Waals surface area contributed by atoms with Crippen molar-refractivity contribution in [1.82, 2.24) is 5.32 Å². The van der Waals surface area contributed by atoms with Crippen molar-refractivity contribution in [3.63, 3.8) is 0 Å². The quantitative estimate of drug-likeness (QED) is 0.627. The molecule has 25 heavy (non-hydrogen) atoms. The van der Waals surface area contributed by atoms with Crippen LogP contribution in [0.25, 0.3) is 0 Å². The molecule has 7 heteroatoms. The van der Waals surface area contributed by atoms with E-state index in [0.29, 0.717) is 5.69 Å². The molecule has 0 aliphatic carbocycles. The summed E-state index contributed by atoms with van der Waals surface area (Å²) < 4.78 is 6.03. The molecule has 2 rings (SSSR count). The van der Waals surface area contributed by atoms with E-state index in [0.717, 1.165) is 6.42 Å². The molecule has 1 aromatic rings. The highest BCUT2D eigenvalue weighted by Crippen LogP contribution is 2.40. The lowest BCUT2D eigenvalue weighted by Crippen LogP contribution is -2.38. The number of ether oxygens (including phenoxy) is 1. The first kappa shape index (κ1) is 19.2. The van der Waals surface area contributed by atoms with E-state index in [-0.39, 0.29) is 34.8 Å². The van der Waals surface area contributed by atoms with Crippen LogP contribution in [-0.4, -0.2) is 34.1 Å². The largest absolute Gasteiger partial charge is 0.374 e. The molecule has 0 spiro atoms. The van der Waals surface area contributed by atoms with Crippen molar-refractivity contribution >= 4 is 17.3 Å². The van der Waals surface area contributed by atoms with E-state index in [2.05, 4.69) is 10.6 Å². The summed E-state index contributed by atoms with van der Waals surface area (Å²) in [5.41, 5.74) is -0.200. The first-order valence-corrected chi connectivity index (χ1v) is 8.47. The lowest BCUT2D eigenvalue weighted by atomic mass is 9.94. The van der Waals surface area contributed by atoms with Crippen LogP contribution in [0.2, 0.25) is 0 Å². The first-order valence-electron chi connectivity index (χ1n) is 8.47. The molecule has 0 aromatic heterocycles. The molecular weight excluding hydrogens is 322 g/mol. The minimum atomic E-state index is -0.470. The van der Waals surface area contributed by atoms with Gasteiger partial charge in [-0.2, -0.15) is 0 Å². The minimum Gasteiger partial charge on any atom is -0.374 e. The Labute approximate surface area is 148 Å². The van der Waals surface area contributed by atoms with E-state index in [4.69, 9.17) is 4.74 Å². The van der Waals surface area contributed by atoms with Gasteiger partial charge >= 0.3 is 0 Å². The SMILES string of the molecule is CC(C)NC(=O)c1ccc(NC2CC(C)(C)OC2(C)C)c([N+](=O)[O-])c1. The number of nitro groups is 1. The van der Waals surface area contributed by atoms with Gasteiger partial charge in [0.2, 0.25) is 0 Å². The summed E-state index contributed by atoms with van der Waals surface area (Å²) in [6, 6.07) is 4.39. The van der Waals surface area contributed by atoms with Gasteiger partial charge in [-0.25, -0.2) is 0 Å². The zero-order chi connectivity index (χ0) is 19.0. The maximum Gasteiger partial charge on any atom is 0.293 e. The second-order valence-corrected chi connectivity index (χ2v) is 7.98. The van der Waals surface area contributed by atoms with Crippen molar-refractivity contribution in [3.8, 4) is 0 Å². The fraction of sp³-hybridized carbons (Fsp3) is 0.611. The Morgan fingerprint density at radius 2 is 1.96 bits per heavy atom. The summed E-state index contributed by atoms with van der Waals surface area (Å²) in [6.45, 7) is 11.6. The Morgan fingerprint density at radius 1 is 1.32 bits per heavy atom. The molecule has 0 radical (unpaired) electrons. The van der Waals surface area contributed by atoms with E-state index in [1.165, 1.54) is 6.07 Å². The third-order valence-corrected chi connectivity index (χ3v) is 4.28. The number of anilines is 1. The van der Waals surface area contributed by atoms with Crippen LogP contribution >= 0.6 is 0 Å². The zero-order valence-electron chi connectivity index (χ0n) is 15.7. The highest BCUT2D eigenvalue weighted by Gasteiger charge is 2.46. The molecule has 1 fully saturated rings. The number of hydrogen-bond donors (Lipinski definition) is 2. The summed E-state index contributed by atoms with van der Waals surface area (Å²) in [6.07, 6.45) is 0.729. The van der Waals surface area contributed by atoms with Crippen LogP contribution in [0.5, 0.6) is 0 Å². The molecule has 1 saturated heterocycles. The van der Waals surface area contributed by atoms with Crippen molar-refractivity contribution in [2.45, 2.75) is 71.2 Å². The van der Waals surface area contributed by atoms with Gasteiger partial charge in [0.05, 0.1) is 22.2 Å². The fourth-order valence-electron chi connectivity index (χ4n) is 3.27. The normalized spacial score (nSPS) is 21.2. The molecule has 2 N–H and O–H groups in total. The molecule has 1 aromatic carbocycles. The molecule has 1 heterocycles. The summed E-state index contributed by atoms with van der Waals surface area (Å²) in [5, 5.41) is 17.5. The number of carbonyl (C=O) groups excluding carboxylic acids is 1. The third kappa shape index (κ3) is 4.48. The Hall–Kier alpha value is -2.15. The average molecular weight is 349 g/mol. The summed E-state index contributed by atoms with van der Waals surface area (Å²) in [4.78, 5) is 23.1. The van der Waals surface area contributed by atoms with Crippen LogP contribution in [0, 0.1) is 10.1 Å². The number of hydrogen-bond acceptors (Lipinski definition) is 5. The van der Waals surface area contributed by atoms with Gasteiger partial charge in [0.15, 0.2) is 0 Å². The molecule has 138 valence electrons. The Bertz CT molecular complexity index is 683. The van der Waals surface area contributed by atoms with Crippen molar-refractivity contribution in [1.29, 1.82) is 0 Å². The molecule has 1 unspecified atom stereocenters. The van der Waals surface area contributed by atoms with Gasteiger partial charge in [-0.15, -0.1) is 0 Å². The Kier molecular flexibility index (Phi) is 5.09. The monoisotopic (exact) mass is 349 g/mol. The average Bonchev–Trinajstić information content (AvgIpc) is 2.65. The van der Waals surface area contributed by atoms with E-state index in [9.17, 15) is 14.9 Å². The number of nitrogens with one attached hydrogen (secondary N) is 2. The topological polar surface area (TPSA) is 93.5 Å². The molecule has 7 nitrogen and oxygen atoms in total. The second kappa shape index (κ2) is 6.63. The lowest BCUT2D eigenvalue weighted by molar-refractivity contribution is -0.384. The van der Waals surface area contributed by atoms with E-state index in [1.807, 2.05) is 41.5 Å². The molecule has 1 amide bonds. The maximum atomic E-state index is 12.1. The van der Waals surface area contributed by atoms with Gasteiger partial charge in [-0.3, -0.25) is 14.9 Å². The number of benzene rings is 1. The smallest absolute Gasteiger partial charge is 0.293 e. The van der Waals surface area contributed by atoms with Gasteiger partial charge in [0.1, 0.15) is 5.69 Å². The van der Waals surface area contributed by atoms with Crippen molar-refractivity contribution in [2.24, 2.45) is 0 Å². The van der Waals surface area contributed by atoms with Crippen LogP contribution in [0.3, 0.4) is 0 Å². The molecular formula is C18H27N3O4. The second-order valence-electron chi connectivity index (χ2n) is 7.98. The van der Waals surface area contributed by atoms with Gasteiger partial charge < -0.3 is 15.4 Å². The van der Waals surface area contributed by atoms with E-state index in [1.54, 1.807) is 12.1 Å². The zero-order valence-corrected chi connectivity index (χ0v) is 15.7. The van der Waals surface area contributed by atoms with E-state index >= 15 is 0 Å². The molecule has 1 atom stereocenters. The molecule has 1 aliphatic rings. The van der Waals surface area contributed by atoms with Crippen molar-refractivity contribution in [2.75, 3.05) is 5.32 Å². The molecule has 1 aliphatic heterocycles. The van der Waals surface area contributed by atoms with Gasteiger partial charge in [0, 0.05) is 17.7 Å². The van der Waals surface area contributed by atoms with Crippen LogP contribution in [0.1, 0.15) is 58.3 Å². The number of rotatable bonds is 5. The first-order chi connectivity index (χ1) is 11.4. The summed E-state index contributed by atoms with van der Waals surface area (Å²) in [5.74, 6) is -0.324. The fourth-order valence-corrected chi connectivity index (χ4v) is 3.27. The summed E-state index contributed by atoms with van der Waals surface area (Å²) >= 11 is 0. The highest BCUT2D eigenvalue weighted by molar-refractivity contribution is 5.95. The van der Waals surface area contributed by atoms with Gasteiger partial charge in [-0.1, -0.05) is 0 Å². The van der Waals surface area contributed by atoms with Crippen molar-refractivity contribution < 1.29 is 14.5 Å². The third-order valence-electron chi connectivity index (χ3n) is 4.28. The Balaban J connectivity index is 2.29. The van der Waals surface area contributed by atoms with Gasteiger partial charge in [-0.05, 0) is 60.1 Å². The van der Waals surface area contributed by atoms with Crippen LogP contribution < -0.4 is 10.6 Å². The lowest BCUT2D eigenvalue weighted by Gasteiger charge is -2.28. The summed E-state index contributed by atoms with van der Waals surface area (Å²) in [7, 11) is 0. The maximum absolute atomic E-state index is 12.1. The number of amides is 1. The number of carbonyl (C=O) groups is 1. The van der Waals surface area contributed by atoms with E-state index < -0.39 is 10.5 Å². The molecule has 0 saturated carbocycles. The van der Waals surface area contributed by atoms with Crippen LogP contribution in [0.15, 0.2) is 18.2 Å². The highest BCUT2D eigenvalue weighted by atomic mass is 16.6. The number of nitro benzene ring substituents is 1. The van der Waals surface area contributed by atoms with Crippen LogP contribution in [-0.2, 0) is 4.74 Å². The van der Waals surface area contributed by atoms with Crippen LogP contribution in [0.4, 0.5) is 11.4 Å². The standard InChI is InChI=1S/C18H27N3O4/c1-11(2)19-16(22)12-7-8-13(14(9-12)21(23)24)20-15-10-17(3,4)25-18(15,5)6/h7-9,11,15,20H,10H2,1-6H3,(H,19,22). The Morgan fingerprint density at radius 3 is 2.44 bits per heavy atom. The predicted molar refractivity (Wildman–Crippen MR) is 97.0 cm³/mol. The number of nitrogens with zero attached hydrogens (tertiary/aromatic N) is 1. The predicted octanol–water partition coefficient (Wildman–Crippen LogP) is 3.49. The van der Waals surface area contributed by atoms with Gasteiger partial charge in [0.25, 0.3) is 11.6 Å². The molecule has 0 bridgehead atoms. The van der Waals surface area contributed by atoms with Crippen molar-refractivity contribution in [3.05, 3.63) is 33.9 Å².